The van der Waals surface area contributed by atoms with Crippen LogP contribution in [-0.4, -0.2) is 28.0 Å². The minimum absolute atomic E-state index is 0.105. The number of aromatic nitrogens is 2. The lowest BCUT2D eigenvalue weighted by atomic mass is 10.1. The first-order valence-electron chi connectivity index (χ1n) is 8.76. The van der Waals surface area contributed by atoms with Crippen molar-refractivity contribution in [2.75, 3.05) is 10.6 Å². The molecule has 0 unspecified atom stereocenters. The molecule has 2 aromatic carbocycles. The van der Waals surface area contributed by atoms with Gasteiger partial charge in [-0.1, -0.05) is 11.6 Å². The summed E-state index contributed by atoms with van der Waals surface area (Å²) in [5.41, 5.74) is 1.47. The Morgan fingerprint density at radius 1 is 0.967 bits per heavy atom. The molecule has 9 nitrogen and oxygen atoms in total. The lowest BCUT2D eigenvalue weighted by molar-refractivity contribution is -0.115. The van der Waals surface area contributed by atoms with E-state index in [1.54, 1.807) is 24.3 Å². The Labute approximate surface area is 176 Å². The van der Waals surface area contributed by atoms with E-state index in [4.69, 9.17) is 20.8 Å². The van der Waals surface area contributed by atoms with Crippen molar-refractivity contribution >= 4 is 40.8 Å². The van der Waals surface area contributed by atoms with Crippen molar-refractivity contribution in [1.82, 2.24) is 10.2 Å². The Morgan fingerprint density at radius 2 is 1.57 bits per heavy atom. The molecule has 2 amide bonds. The maximum atomic E-state index is 12.5. The average Bonchev–Trinajstić information content (AvgIpc) is 3.14. The van der Waals surface area contributed by atoms with Gasteiger partial charge in [0.2, 0.25) is 17.7 Å². The van der Waals surface area contributed by atoms with Gasteiger partial charge in [0.05, 0.1) is 5.56 Å². The second-order valence-electron chi connectivity index (χ2n) is 6.25. The summed E-state index contributed by atoms with van der Waals surface area (Å²) in [6.45, 7) is 2.41. The number of hydrogen-bond acceptors (Lipinski definition) is 7. The standard InChI is InChI=1S/C20H17ClN4O5/c1-11(26)22-16-7-14(8-17(9-16)23-12(2)27)20(28)29-10-18-24-25-19(30-18)13-3-5-15(21)6-4-13/h3-9H,10H2,1-2H3,(H,22,26)(H,23,27). The van der Waals surface area contributed by atoms with Gasteiger partial charge in [0.1, 0.15) is 0 Å². The van der Waals surface area contributed by atoms with Crippen molar-refractivity contribution in [2.24, 2.45) is 0 Å². The number of rotatable bonds is 6. The van der Waals surface area contributed by atoms with Crippen LogP contribution in [0.3, 0.4) is 0 Å². The first-order chi connectivity index (χ1) is 14.3. The van der Waals surface area contributed by atoms with Crippen LogP contribution < -0.4 is 10.6 Å². The van der Waals surface area contributed by atoms with Crippen molar-refractivity contribution in [1.29, 1.82) is 0 Å². The van der Waals surface area contributed by atoms with E-state index in [0.717, 1.165) is 0 Å². The number of benzene rings is 2. The summed E-state index contributed by atoms with van der Waals surface area (Å²) in [5.74, 6) is -0.975. The zero-order valence-corrected chi connectivity index (χ0v) is 16.8. The van der Waals surface area contributed by atoms with Gasteiger partial charge in [0, 0.05) is 35.8 Å². The molecule has 0 fully saturated rings. The predicted octanol–water partition coefficient (Wildman–Crippen LogP) is 3.66. The van der Waals surface area contributed by atoms with Gasteiger partial charge >= 0.3 is 5.97 Å². The number of amides is 2. The number of ether oxygens (including phenoxy) is 1. The molecule has 0 aliphatic heterocycles. The highest BCUT2D eigenvalue weighted by molar-refractivity contribution is 6.30. The minimum atomic E-state index is -0.694. The Balaban J connectivity index is 1.71. The van der Waals surface area contributed by atoms with Gasteiger partial charge in [0.25, 0.3) is 5.89 Å². The summed E-state index contributed by atoms with van der Waals surface area (Å²) in [5, 5.41) is 13.5. The summed E-state index contributed by atoms with van der Waals surface area (Å²) in [6, 6.07) is 11.2. The van der Waals surface area contributed by atoms with Gasteiger partial charge in [-0.25, -0.2) is 4.79 Å². The molecular weight excluding hydrogens is 412 g/mol. The third-order valence-corrected chi connectivity index (χ3v) is 3.95. The molecule has 154 valence electrons. The fraction of sp³-hybridized carbons (Fsp3) is 0.150. The van der Waals surface area contributed by atoms with E-state index in [1.807, 2.05) is 0 Å². The molecule has 1 heterocycles. The molecule has 0 atom stereocenters. The maximum Gasteiger partial charge on any atom is 0.338 e. The average molecular weight is 429 g/mol. The van der Waals surface area contributed by atoms with Crippen molar-refractivity contribution in [3.63, 3.8) is 0 Å². The summed E-state index contributed by atoms with van der Waals surface area (Å²) in [7, 11) is 0. The fourth-order valence-corrected chi connectivity index (χ4v) is 2.65. The van der Waals surface area contributed by atoms with Gasteiger partial charge in [-0.15, -0.1) is 10.2 Å². The molecule has 10 heteroatoms. The second-order valence-corrected chi connectivity index (χ2v) is 6.68. The minimum Gasteiger partial charge on any atom is -0.452 e. The molecule has 0 aliphatic carbocycles. The largest absolute Gasteiger partial charge is 0.452 e. The van der Waals surface area contributed by atoms with E-state index in [0.29, 0.717) is 22.0 Å². The molecule has 30 heavy (non-hydrogen) atoms. The summed E-state index contributed by atoms with van der Waals surface area (Å²) >= 11 is 5.85. The molecule has 0 aliphatic rings. The predicted molar refractivity (Wildman–Crippen MR) is 109 cm³/mol. The van der Waals surface area contributed by atoms with Gasteiger partial charge in [-0.3, -0.25) is 9.59 Å². The van der Waals surface area contributed by atoms with Crippen molar-refractivity contribution in [3.05, 3.63) is 58.9 Å². The third kappa shape index (κ3) is 5.65. The second kappa shape index (κ2) is 9.19. The molecule has 1 aromatic heterocycles. The number of anilines is 2. The van der Waals surface area contributed by atoms with E-state index in [1.165, 1.54) is 32.0 Å². The summed E-state index contributed by atoms with van der Waals surface area (Å²) < 4.78 is 10.7. The van der Waals surface area contributed by atoms with E-state index >= 15 is 0 Å². The number of hydrogen-bond donors (Lipinski definition) is 2. The highest BCUT2D eigenvalue weighted by atomic mass is 35.5. The smallest absolute Gasteiger partial charge is 0.338 e. The Morgan fingerprint density at radius 3 is 2.13 bits per heavy atom. The lowest BCUT2D eigenvalue weighted by Gasteiger charge is -2.10. The van der Waals surface area contributed by atoms with Crippen LogP contribution in [0.5, 0.6) is 0 Å². The van der Waals surface area contributed by atoms with Crippen molar-refractivity contribution < 1.29 is 23.5 Å². The SMILES string of the molecule is CC(=O)Nc1cc(NC(C)=O)cc(C(=O)OCc2nnc(-c3ccc(Cl)cc3)o2)c1. The highest BCUT2D eigenvalue weighted by Crippen LogP contribution is 2.22. The van der Waals surface area contributed by atoms with E-state index in [-0.39, 0.29) is 35.8 Å². The van der Waals surface area contributed by atoms with E-state index in [9.17, 15) is 14.4 Å². The van der Waals surface area contributed by atoms with Gasteiger partial charge < -0.3 is 19.8 Å². The molecule has 2 N–H and O–H groups in total. The zero-order chi connectivity index (χ0) is 21.7. The van der Waals surface area contributed by atoms with Crippen LogP contribution in [0.2, 0.25) is 5.02 Å². The summed E-state index contributed by atoms with van der Waals surface area (Å²) in [6.07, 6.45) is 0. The van der Waals surface area contributed by atoms with Crippen molar-refractivity contribution in [2.45, 2.75) is 20.5 Å². The van der Waals surface area contributed by atoms with Crippen molar-refractivity contribution in [3.8, 4) is 11.5 Å². The van der Waals surface area contributed by atoms with Crippen LogP contribution in [-0.2, 0) is 20.9 Å². The Hall–Kier alpha value is -3.72. The molecule has 0 spiro atoms. The Bertz CT molecular complexity index is 1060. The molecule has 0 bridgehead atoms. The Kier molecular flexibility index (Phi) is 6.43. The van der Waals surface area contributed by atoms with Crippen LogP contribution in [0.1, 0.15) is 30.1 Å². The number of halogens is 1. The number of carbonyl (C=O) groups excluding carboxylic acids is 3. The molecule has 3 rings (SSSR count). The quantitative estimate of drug-likeness (QED) is 0.574. The first-order valence-corrected chi connectivity index (χ1v) is 9.13. The lowest BCUT2D eigenvalue weighted by Crippen LogP contribution is -2.12. The van der Waals surface area contributed by atoms with Crippen LogP contribution >= 0.6 is 11.6 Å². The van der Waals surface area contributed by atoms with Crippen LogP contribution in [0, 0.1) is 0 Å². The molecular formula is C20H17ClN4O5. The summed E-state index contributed by atoms with van der Waals surface area (Å²) in [4.78, 5) is 35.1. The topological polar surface area (TPSA) is 123 Å². The number of carbonyl (C=O) groups is 3. The van der Waals surface area contributed by atoms with Gasteiger partial charge in [0.15, 0.2) is 6.61 Å². The highest BCUT2D eigenvalue weighted by Gasteiger charge is 2.15. The zero-order valence-electron chi connectivity index (χ0n) is 16.1. The van der Waals surface area contributed by atoms with Gasteiger partial charge in [-0.2, -0.15) is 0 Å². The molecule has 3 aromatic rings. The van der Waals surface area contributed by atoms with Crippen LogP contribution in [0.15, 0.2) is 46.9 Å². The van der Waals surface area contributed by atoms with Gasteiger partial charge in [-0.05, 0) is 42.5 Å². The first kappa shape index (κ1) is 21.0. The third-order valence-electron chi connectivity index (χ3n) is 3.69. The molecule has 0 saturated heterocycles. The number of esters is 1. The normalized spacial score (nSPS) is 10.4. The number of nitrogens with zero attached hydrogens (tertiary/aromatic N) is 2. The van der Waals surface area contributed by atoms with Crippen LogP contribution in [0.25, 0.3) is 11.5 Å². The number of nitrogens with one attached hydrogen (secondary N) is 2. The maximum absolute atomic E-state index is 12.5. The molecule has 0 radical (unpaired) electrons. The van der Waals surface area contributed by atoms with E-state index in [2.05, 4.69) is 20.8 Å². The van der Waals surface area contributed by atoms with Crippen LogP contribution in [0.4, 0.5) is 11.4 Å². The monoisotopic (exact) mass is 428 g/mol. The molecule has 0 saturated carbocycles. The van der Waals surface area contributed by atoms with E-state index < -0.39 is 5.97 Å². The fourth-order valence-electron chi connectivity index (χ4n) is 2.53.